The van der Waals surface area contributed by atoms with Crippen molar-refractivity contribution < 1.29 is 0 Å². The molecule has 286 valence electrons. The number of para-hydroxylation sites is 1. The van der Waals surface area contributed by atoms with Gasteiger partial charge in [0.15, 0.2) is 0 Å². The van der Waals surface area contributed by atoms with Crippen LogP contribution in [0.5, 0.6) is 0 Å². The van der Waals surface area contributed by atoms with Gasteiger partial charge in [-0.25, -0.2) is 0 Å². The first-order valence-corrected chi connectivity index (χ1v) is 21.8. The van der Waals surface area contributed by atoms with E-state index in [2.05, 4.69) is 241 Å². The lowest BCUT2D eigenvalue weighted by Crippen LogP contribution is -2.28. The fraction of sp³-hybridized carbons (Fsp3) is 0.0169. The van der Waals surface area contributed by atoms with E-state index in [1.807, 2.05) is 11.3 Å². The van der Waals surface area contributed by atoms with Crippen LogP contribution in [0.15, 0.2) is 237 Å². The van der Waals surface area contributed by atoms with Gasteiger partial charge in [0.1, 0.15) is 0 Å². The molecule has 0 saturated carbocycles. The first-order chi connectivity index (χ1) is 30.3. The molecule has 0 saturated heterocycles. The predicted molar refractivity (Wildman–Crippen MR) is 260 cm³/mol. The number of hydrogen-bond acceptors (Lipinski definition) is 2. The van der Waals surface area contributed by atoms with Gasteiger partial charge in [0.2, 0.25) is 0 Å². The molecule has 0 fully saturated rings. The Morgan fingerprint density at radius 3 is 1.70 bits per heavy atom. The molecule has 0 atom stereocenters. The van der Waals surface area contributed by atoms with Gasteiger partial charge in [-0.2, -0.15) is 0 Å². The molecule has 1 heterocycles. The summed E-state index contributed by atoms with van der Waals surface area (Å²) in [5.74, 6) is 0. The number of rotatable bonds is 7. The number of hydrogen-bond donors (Lipinski definition) is 0. The third kappa shape index (κ3) is 5.60. The molecule has 0 unspecified atom stereocenters. The molecule has 10 aromatic carbocycles. The summed E-state index contributed by atoms with van der Waals surface area (Å²) in [6.45, 7) is 0. The maximum atomic E-state index is 2.50. The highest BCUT2D eigenvalue weighted by molar-refractivity contribution is 7.25. The summed E-state index contributed by atoms with van der Waals surface area (Å²) in [7, 11) is 0. The van der Waals surface area contributed by atoms with E-state index >= 15 is 0 Å². The summed E-state index contributed by atoms with van der Waals surface area (Å²) >= 11 is 1.86. The fourth-order valence-corrected chi connectivity index (χ4v) is 11.2. The van der Waals surface area contributed by atoms with Crippen LogP contribution in [0.1, 0.15) is 22.3 Å². The summed E-state index contributed by atoms with van der Waals surface area (Å²) in [6, 6.07) is 87.5. The first-order valence-electron chi connectivity index (χ1n) is 21.0. The zero-order valence-electron chi connectivity index (χ0n) is 33.4. The Kier molecular flexibility index (Phi) is 8.33. The molecule has 0 amide bonds. The minimum absolute atomic E-state index is 0.518. The average Bonchev–Trinajstić information content (AvgIpc) is 3.85. The van der Waals surface area contributed by atoms with E-state index in [0.717, 1.165) is 17.1 Å². The molecule has 0 N–H and O–H groups in total. The van der Waals surface area contributed by atoms with Gasteiger partial charge in [-0.15, -0.1) is 11.3 Å². The van der Waals surface area contributed by atoms with E-state index in [9.17, 15) is 0 Å². The lowest BCUT2D eigenvalue weighted by molar-refractivity contribution is 0.768. The highest BCUT2D eigenvalue weighted by Gasteiger charge is 2.46. The minimum atomic E-state index is -0.518. The van der Waals surface area contributed by atoms with Gasteiger partial charge < -0.3 is 4.90 Å². The van der Waals surface area contributed by atoms with Crippen LogP contribution < -0.4 is 4.90 Å². The van der Waals surface area contributed by atoms with Crippen molar-refractivity contribution >= 4 is 59.3 Å². The molecular weight excluding hydrogens is 755 g/mol. The standard InChI is InChI=1S/C59H39NS/c1-3-21-43(22-4-1)59(44-23-5-2-6-24-44)54-30-12-9-27-50(54)51-35-33-46(39-55(51)59)60(45-34-36-58-53(38-45)52-28-11-14-32-57(52)61-58)56-31-13-10-26-49(56)42-20-15-19-41(37-42)48-29-16-18-40-17-7-8-25-47(40)48/h1-39H. The highest BCUT2D eigenvalue weighted by atomic mass is 32.1. The van der Waals surface area contributed by atoms with Crippen molar-refractivity contribution in [2.24, 2.45) is 0 Å². The van der Waals surface area contributed by atoms with Gasteiger partial charge in [0.05, 0.1) is 11.1 Å². The van der Waals surface area contributed by atoms with Crippen LogP contribution in [0, 0.1) is 0 Å². The Balaban J connectivity index is 1.12. The smallest absolute Gasteiger partial charge is 0.0714 e. The zero-order valence-corrected chi connectivity index (χ0v) is 34.2. The van der Waals surface area contributed by atoms with Crippen LogP contribution in [0.3, 0.4) is 0 Å². The average molecular weight is 794 g/mol. The van der Waals surface area contributed by atoms with E-state index < -0.39 is 5.41 Å². The van der Waals surface area contributed by atoms with Gasteiger partial charge in [0, 0.05) is 37.1 Å². The molecule has 0 aliphatic heterocycles. The second kappa shape index (κ2) is 14.3. The van der Waals surface area contributed by atoms with Crippen molar-refractivity contribution in [1.82, 2.24) is 0 Å². The van der Waals surface area contributed by atoms with E-state index in [1.54, 1.807) is 0 Å². The molecule has 1 aliphatic carbocycles. The fourth-order valence-electron chi connectivity index (χ4n) is 10.1. The Bertz CT molecular complexity index is 3390. The van der Waals surface area contributed by atoms with Crippen molar-refractivity contribution in [1.29, 1.82) is 0 Å². The zero-order chi connectivity index (χ0) is 40.3. The lowest BCUT2D eigenvalue weighted by atomic mass is 9.67. The van der Waals surface area contributed by atoms with Crippen LogP contribution in [0.2, 0.25) is 0 Å². The summed E-state index contributed by atoms with van der Waals surface area (Å²) in [6.07, 6.45) is 0. The normalized spacial score (nSPS) is 12.7. The molecule has 61 heavy (non-hydrogen) atoms. The molecule has 1 aliphatic rings. The molecule has 0 radical (unpaired) electrons. The number of benzene rings is 10. The largest absolute Gasteiger partial charge is 0.310 e. The molecule has 1 aromatic heterocycles. The second-order valence-corrected chi connectivity index (χ2v) is 17.1. The topological polar surface area (TPSA) is 3.24 Å². The minimum Gasteiger partial charge on any atom is -0.310 e. The van der Waals surface area contributed by atoms with E-state index in [1.165, 1.54) is 86.6 Å². The van der Waals surface area contributed by atoms with Gasteiger partial charge in [-0.1, -0.05) is 188 Å². The molecule has 12 rings (SSSR count). The number of fused-ring (bicyclic) bond motifs is 7. The van der Waals surface area contributed by atoms with Crippen molar-refractivity contribution in [2.45, 2.75) is 5.41 Å². The van der Waals surface area contributed by atoms with Crippen LogP contribution in [0.4, 0.5) is 17.1 Å². The lowest BCUT2D eigenvalue weighted by Gasteiger charge is -2.35. The molecule has 0 bridgehead atoms. The maximum absolute atomic E-state index is 2.50. The van der Waals surface area contributed by atoms with Gasteiger partial charge in [-0.3, -0.25) is 0 Å². The molecule has 0 spiro atoms. The Labute approximate surface area is 360 Å². The second-order valence-electron chi connectivity index (χ2n) is 16.0. The summed E-state index contributed by atoms with van der Waals surface area (Å²) in [5, 5.41) is 5.06. The number of thiophene rings is 1. The van der Waals surface area contributed by atoms with Crippen molar-refractivity contribution in [2.75, 3.05) is 4.90 Å². The van der Waals surface area contributed by atoms with E-state index in [0.29, 0.717) is 0 Å². The van der Waals surface area contributed by atoms with E-state index in [-0.39, 0.29) is 0 Å². The Hall–Kier alpha value is -7.52. The van der Waals surface area contributed by atoms with Crippen LogP contribution in [-0.2, 0) is 5.41 Å². The number of nitrogens with zero attached hydrogens (tertiary/aromatic N) is 1. The quantitative estimate of drug-likeness (QED) is 0.155. The van der Waals surface area contributed by atoms with Crippen LogP contribution >= 0.6 is 11.3 Å². The van der Waals surface area contributed by atoms with Crippen LogP contribution in [0.25, 0.3) is 64.3 Å². The monoisotopic (exact) mass is 793 g/mol. The SMILES string of the molecule is c1ccc(C2(c3ccccc3)c3ccccc3-c3ccc(N(c4ccc5sc6ccccc6c5c4)c4ccccc4-c4cccc(-c5cccc6ccccc56)c4)cc32)cc1. The molecular formula is C59H39NS. The molecule has 11 aromatic rings. The Morgan fingerprint density at radius 1 is 0.328 bits per heavy atom. The Morgan fingerprint density at radius 2 is 0.885 bits per heavy atom. The maximum Gasteiger partial charge on any atom is 0.0714 e. The summed E-state index contributed by atoms with van der Waals surface area (Å²) in [5.41, 5.74) is 15.3. The molecule has 1 nitrogen and oxygen atoms in total. The van der Waals surface area contributed by atoms with Gasteiger partial charge >= 0.3 is 0 Å². The van der Waals surface area contributed by atoms with Gasteiger partial charge in [-0.05, 0) is 109 Å². The van der Waals surface area contributed by atoms with Crippen molar-refractivity contribution in [3.8, 4) is 33.4 Å². The summed E-state index contributed by atoms with van der Waals surface area (Å²) in [4.78, 5) is 2.50. The third-order valence-electron chi connectivity index (χ3n) is 12.7. The summed E-state index contributed by atoms with van der Waals surface area (Å²) < 4.78 is 2.59. The van der Waals surface area contributed by atoms with Crippen LogP contribution in [-0.4, -0.2) is 0 Å². The first kappa shape index (κ1) is 35.4. The predicted octanol–water partition coefficient (Wildman–Crippen LogP) is 16.4. The number of anilines is 3. The highest BCUT2D eigenvalue weighted by Crippen LogP contribution is 2.57. The van der Waals surface area contributed by atoms with Gasteiger partial charge in [0.25, 0.3) is 0 Å². The van der Waals surface area contributed by atoms with Crippen molar-refractivity contribution in [3.63, 3.8) is 0 Å². The molecule has 2 heteroatoms. The third-order valence-corrected chi connectivity index (χ3v) is 13.9. The van der Waals surface area contributed by atoms with Crippen molar-refractivity contribution in [3.05, 3.63) is 259 Å². The van der Waals surface area contributed by atoms with E-state index in [4.69, 9.17) is 0 Å².